The fourth-order valence-corrected chi connectivity index (χ4v) is 2.38. The molecule has 3 nitrogen and oxygen atoms in total. The quantitative estimate of drug-likeness (QED) is 0.684. The summed E-state index contributed by atoms with van der Waals surface area (Å²) in [6, 6.07) is 2.25. The first-order valence-electron chi connectivity index (χ1n) is 6.12. The molecule has 0 spiro atoms. The molecule has 1 aliphatic carbocycles. The van der Waals surface area contributed by atoms with E-state index in [0.717, 1.165) is 19.3 Å². The Morgan fingerprint density at radius 1 is 1.24 bits per heavy atom. The van der Waals surface area contributed by atoms with Gasteiger partial charge in [-0.05, 0) is 12.8 Å². The van der Waals surface area contributed by atoms with Gasteiger partial charge in [0.15, 0.2) is 0 Å². The Labute approximate surface area is 103 Å². The van der Waals surface area contributed by atoms with Gasteiger partial charge in [-0.1, -0.05) is 31.4 Å². The molecule has 0 bridgehead atoms. The third kappa shape index (κ3) is 2.97. The highest BCUT2D eigenvalue weighted by Crippen LogP contribution is 2.37. The summed E-state index contributed by atoms with van der Waals surface area (Å²) in [7, 11) is 0. The number of nitriles is 1. The van der Waals surface area contributed by atoms with Gasteiger partial charge in [0.2, 0.25) is 5.91 Å². The highest BCUT2D eigenvalue weighted by molar-refractivity contribution is 5.85. The van der Waals surface area contributed by atoms with Crippen LogP contribution in [-0.4, -0.2) is 23.9 Å². The molecule has 0 unspecified atom stereocenters. The summed E-state index contributed by atoms with van der Waals surface area (Å²) in [5.41, 5.74) is -0.801. The van der Waals surface area contributed by atoms with Crippen LogP contribution in [0, 0.1) is 16.7 Å². The summed E-state index contributed by atoms with van der Waals surface area (Å²) < 4.78 is 0. The minimum Gasteiger partial charge on any atom is -0.334 e. The number of hydrogen-bond acceptors (Lipinski definition) is 2. The van der Waals surface area contributed by atoms with Crippen molar-refractivity contribution in [1.29, 1.82) is 5.26 Å². The summed E-state index contributed by atoms with van der Waals surface area (Å²) in [6.07, 6.45) is 7.81. The lowest BCUT2D eigenvalue weighted by atomic mass is 9.74. The molecule has 1 saturated carbocycles. The number of rotatable bonds is 5. The minimum absolute atomic E-state index is 0.0560. The van der Waals surface area contributed by atoms with E-state index >= 15 is 0 Å². The van der Waals surface area contributed by atoms with E-state index in [0.29, 0.717) is 25.9 Å². The molecule has 92 valence electrons. The van der Waals surface area contributed by atoms with Crippen LogP contribution in [0.25, 0.3) is 0 Å². The summed E-state index contributed by atoms with van der Waals surface area (Å²) in [4.78, 5) is 14.1. The molecule has 0 radical (unpaired) electrons. The Hall–Kier alpha value is -1.56. The molecule has 1 aliphatic rings. The van der Waals surface area contributed by atoms with Gasteiger partial charge in [-0.2, -0.15) is 5.26 Å². The Morgan fingerprint density at radius 3 is 2.18 bits per heavy atom. The SMILES string of the molecule is C=CCN(CC=C)C(=O)C1(C#N)CCCCC1. The topological polar surface area (TPSA) is 44.1 Å². The first-order chi connectivity index (χ1) is 8.20. The van der Waals surface area contributed by atoms with Crippen molar-refractivity contribution in [3.05, 3.63) is 25.3 Å². The second kappa shape index (κ2) is 6.24. The lowest BCUT2D eigenvalue weighted by Gasteiger charge is -2.34. The van der Waals surface area contributed by atoms with E-state index < -0.39 is 5.41 Å². The minimum atomic E-state index is -0.801. The standard InChI is InChI=1S/C14H20N2O/c1-3-10-16(11-4-2)13(17)14(12-15)8-6-5-7-9-14/h3-4H,1-2,5-11H2. The maximum absolute atomic E-state index is 12.4. The van der Waals surface area contributed by atoms with Crippen molar-refractivity contribution in [3.63, 3.8) is 0 Å². The molecule has 0 aliphatic heterocycles. The van der Waals surface area contributed by atoms with Crippen molar-refractivity contribution in [2.75, 3.05) is 13.1 Å². The van der Waals surface area contributed by atoms with Gasteiger partial charge < -0.3 is 4.90 Å². The monoisotopic (exact) mass is 232 g/mol. The number of carbonyl (C=O) groups excluding carboxylic acids is 1. The van der Waals surface area contributed by atoms with E-state index in [4.69, 9.17) is 0 Å². The molecule has 1 rings (SSSR count). The fraction of sp³-hybridized carbons (Fsp3) is 0.571. The predicted octanol–water partition coefficient (Wildman–Crippen LogP) is 2.66. The van der Waals surface area contributed by atoms with E-state index in [2.05, 4.69) is 19.2 Å². The van der Waals surface area contributed by atoms with Gasteiger partial charge >= 0.3 is 0 Å². The van der Waals surface area contributed by atoms with Crippen LogP contribution in [0.2, 0.25) is 0 Å². The highest BCUT2D eigenvalue weighted by Gasteiger charge is 2.41. The Kier molecular flexibility index (Phi) is 4.96. The number of amides is 1. The summed E-state index contributed by atoms with van der Waals surface area (Å²) in [5.74, 6) is -0.0560. The molecule has 0 N–H and O–H groups in total. The predicted molar refractivity (Wildman–Crippen MR) is 68.1 cm³/mol. The Bertz CT molecular complexity index is 325. The molecular formula is C14H20N2O. The van der Waals surface area contributed by atoms with Crippen molar-refractivity contribution in [3.8, 4) is 6.07 Å². The zero-order valence-electron chi connectivity index (χ0n) is 10.3. The summed E-state index contributed by atoms with van der Waals surface area (Å²) in [5, 5.41) is 9.35. The van der Waals surface area contributed by atoms with Crippen molar-refractivity contribution >= 4 is 5.91 Å². The molecule has 0 heterocycles. The lowest BCUT2D eigenvalue weighted by Crippen LogP contribution is -2.44. The van der Waals surface area contributed by atoms with Gasteiger partial charge in [0, 0.05) is 13.1 Å². The fourth-order valence-electron chi connectivity index (χ4n) is 2.38. The van der Waals surface area contributed by atoms with Crippen LogP contribution in [0.15, 0.2) is 25.3 Å². The van der Waals surface area contributed by atoms with Crippen LogP contribution in [0.3, 0.4) is 0 Å². The molecule has 3 heteroatoms. The van der Waals surface area contributed by atoms with Crippen molar-refractivity contribution < 1.29 is 4.79 Å². The van der Waals surface area contributed by atoms with Crippen LogP contribution in [0.5, 0.6) is 0 Å². The van der Waals surface area contributed by atoms with Crippen LogP contribution >= 0.6 is 0 Å². The maximum Gasteiger partial charge on any atom is 0.243 e. The number of carbonyl (C=O) groups is 1. The molecule has 0 aromatic rings. The van der Waals surface area contributed by atoms with Gasteiger partial charge in [-0.3, -0.25) is 4.79 Å². The molecule has 0 atom stereocenters. The molecule has 0 aromatic heterocycles. The average molecular weight is 232 g/mol. The number of hydrogen-bond donors (Lipinski definition) is 0. The third-order valence-electron chi connectivity index (χ3n) is 3.32. The van der Waals surface area contributed by atoms with E-state index in [1.54, 1.807) is 17.1 Å². The third-order valence-corrected chi connectivity index (χ3v) is 3.32. The largest absolute Gasteiger partial charge is 0.334 e. The summed E-state index contributed by atoms with van der Waals surface area (Å²) >= 11 is 0. The Morgan fingerprint density at radius 2 is 1.76 bits per heavy atom. The first kappa shape index (κ1) is 13.5. The maximum atomic E-state index is 12.4. The Balaban J connectivity index is 2.85. The second-order valence-electron chi connectivity index (χ2n) is 4.54. The smallest absolute Gasteiger partial charge is 0.243 e. The first-order valence-corrected chi connectivity index (χ1v) is 6.12. The normalized spacial score (nSPS) is 17.8. The molecule has 0 aromatic carbocycles. The van der Waals surface area contributed by atoms with Crippen LogP contribution in [0.1, 0.15) is 32.1 Å². The highest BCUT2D eigenvalue weighted by atomic mass is 16.2. The van der Waals surface area contributed by atoms with Crippen LogP contribution in [0.4, 0.5) is 0 Å². The van der Waals surface area contributed by atoms with Crippen molar-refractivity contribution in [2.45, 2.75) is 32.1 Å². The van der Waals surface area contributed by atoms with Crippen LogP contribution < -0.4 is 0 Å². The van der Waals surface area contributed by atoms with Gasteiger partial charge in [-0.25, -0.2) is 0 Å². The molecule has 0 saturated heterocycles. The number of nitrogens with zero attached hydrogens (tertiary/aromatic N) is 2. The lowest BCUT2D eigenvalue weighted by molar-refractivity contribution is -0.139. The molecular weight excluding hydrogens is 212 g/mol. The van der Waals surface area contributed by atoms with Gasteiger partial charge in [0.25, 0.3) is 0 Å². The van der Waals surface area contributed by atoms with E-state index in [1.165, 1.54) is 0 Å². The van der Waals surface area contributed by atoms with Gasteiger partial charge in [-0.15, -0.1) is 13.2 Å². The molecule has 1 fully saturated rings. The van der Waals surface area contributed by atoms with E-state index in [9.17, 15) is 10.1 Å². The second-order valence-corrected chi connectivity index (χ2v) is 4.54. The average Bonchev–Trinajstić information content (AvgIpc) is 2.38. The van der Waals surface area contributed by atoms with Crippen molar-refractivity contribution in [1.82, 2.24) is 4.90 Å². The van der Waals surface area contributed by atoms with Crippen LogP contribution in [-0.2, 0) is 4.79 Å². The molecule has 1 amide bonds. The molecule has 17 heavy (non-hydrogen) atoms. The van der Waals surface area contributed by atoms with Gasteiger partial charge in [0.05, 0.1) is 6.07 Å². The zero-order chi connectivity index (χ0) is 12.7. The van der Waals surface area contributed by atoms with E-state index in [-0.39, 0.29) is 5.91 Å². The van der Waals surface area contributed by atoms with Crippen molar-refractivity contribution in [2.24, 2.45) is 5.41 Å². The summed E-state index contributed by atoms with van der Waals surface area (Å²) in [6.45, 7) is 8.26. The van der Waals surface area contributed by atoms with E-state index in [1.807, 2.05) is 0 Å². The van der Waals surface area contributed by atoms with Gasteiger partial charge in [0.1, 0.15) is 5.41 Å². The zero-order valence-corrected chi connectivity index (χ0v) is 10.3.